The molecule has 3 aromatic rings. The summed E-state index contributed by atoms with van der Waals surface area (Å²) in [7, 11) is 0. The van der Waals surface area contributed by atoms with Crippen LogP contribution in [-0.2, 0) is 4.79 Å². The molecule has 5 nitrogen and oxygen atoms in total. The zero-order chi connectivity index (χ0) is 20.8. The highest BCUT2D eigenvalue weighted by Gasteiger charge is 2.10. The molecule has 29 heavy (non-hydrogen) atoms. The molecule has 0 saturated carbocycles. The Balaban J connectivity index is 1.53. The van der Waals surface area contributed by atoms with Crippen LogP contribution in [0.25, 0.3) is 0 Å². The van der Waals surface area contributed by atoms with Gasteiger partial charge in [0, 0.05) is 15.7 Å². The monoisotopic (exact) mass is 517 g/mol. The highest BCUT2D eigenvalue weighted by molar-refractivity contribution is 9.11. The molecule has 0 radical (unpaired) electrons. The zero-order valence-corrected chi connectivity index (χ0v) is 18.6. The van der Waals surface area contributed by atoms with Crippen molar-refractivity contribution in [3.63, 3.8) is 0 Å². The molecule has 0 unspecified atom stereocenters. The summed E-state index contributed by atoms with van der Waals surface area (Å²) in [5.41, 5.74) is 2.29. The summed E-state index contributed by atoms with van der Waals surface area (Å²) in [5, 5.41) is 2.82. The van der Waals surface area contributed by atoms with Gasteiger partial charge in [-0.15, -0.1) is 0 Å². The third-order valence-corrected chi connectivity index (χ3v) is 5.01. The molecule has 0 saturated heterocycles. The van der Waals surface area contributed by atoms with Crippen LogP contribution in [0.3, 0.4) is 0 Å². The number of hydrogen-bond donors (Lipinski definition) is 1. The van der Waals surface area contributed by atoms with Crippen LogP contribution in [0, 0.1) is 6.92 Å². The van der Waals surface area contributed by atoms with E-state index in [9.17, 15) is 9.59 Å². The SMILES string of the molecule is Cc1ccc(NC(=O)c2ccc(OC(=O)COc3ccc(Br)cc3Br)cc2)cc1. The Morgan fingerprint density at radius 1 is 0.931 bits per heavy atom. The molecule has 7 heteroatoms. The lowest BCUT2D eigenvalue weighted by atomic mass is 10.2. The summed E-state index contributed by atoms with van der Waals surface area (Å²) in [4.78, 5) is 24.3. The van der Waals surface area contributed by atoms with Gasteiger partial charge in [0.05, 0.1) is 4.47 Å². The number of hydrogen-bond acceptors (Lipinski definition) is 4. The van der Waals surface area contributed by atoms with E-state index in [-0.39, 0.29) is 12.5 Å². The smallest absolute Gasteiger partial charge is 0.349 e. The molecule has 0 aliphatic heterocycles. The molecule has 3 aromatic carbocycles. The quantitative estimate of drug-likeness (QED) is 0.333. The van der Waals surface area contributed by atoms with Crippen LogP contribution in [0.2, 0.25) is 0 Å². The first-order valence-electron chi connectivity index (χ1n) is 8.67. The standard InChI is InChI=1S/C22H17Br2NO4/c1-14-2-7-17(8-3-14)25-22(27)15-4-9-18(10-5-15)29-21(26)13-28-20-11-6-16(23)12-19(20)24/h2-12H,13H2,1H3,(H,25,27). The molecule has 0 spiro atoms. The minimum atomic E-state index is -0.545. The van der Waals surface area contributed by atoms with Gasteiger partial charge < -0.3 is 14.8 Å². The first-order chi connectivity index (χ1) is 13.9. The minimum Gasteiger partial charge on any atom is -0.481 e. The van der Waals surface area contributed by atoms with Crippen molar-refractivity contribution < 1.29 is 19.1 Å². The molecule has 148 valence electrons. The van der Waals surface area contributed by atoms with E-state index in [1.54, 1.807) is 30.3 Å². The third kappa shape index (κ3) is 6.17. The van der Waals surface area contributed by atoms with Gasteiger partial charge in [-0.3, -0.25) is 4.79 Å². The number of carbonyl (C=O) groups is 2. The van der Waals surface area contributed by atoms with Crippen molar-refractivity contribution in [3.05, 3.63) is 86.8 Å². The van der Waals surface area contributed by atoms with Gasteiger partial charge in [-0.25, -0.2) is 4.79 Å². The molecular weight excluding hydrogens is 502 g/mol. The maximum atomic E-state index is 12.3. The van der Waals surface area contributed by atoms with Gasteiger partial charge in [-0.1, -0.05) is 33.6 Å². The summed E-state index contributed by atoms with van der Waals surface area (Å²) < 4.78 is 12.3. The molecule has 0 aliphatic rings. The minimum absolute atomic E-state index is 0.240. The van der Waals surface area contributed by atoms with Crippen molar-refractivity contribution in [2.45, 2.75) is 6.92 Å². The fraction of sp³-hybridized carbons (Fsp3) is 0.0909. The second kappa shape index (κ2) is 9.71. The number of nitrogens with one attached hydrogen (secondary N) is 1. The van der Waals surface area contributed by atoms with Crippen molar-refractivity contribution in [2.75, 3.05) is 11.9 Å². The van der Waals surface area contributed by atoms with Gasteiger partial charge >= 0.3 is 5.97 Å². The first-order valence-corrected chi connectivity index (χ1v) is 10.3. The van der Waals surface area contributed by atoms with Crippen LogP contribution in [-0.4, -0.2) is 18.5 Å². The van der Waals surface area contributed by atoms with Crippen molar-refractivity contribution in [1.82, 2.24) is 0 Å². The Labute approximate surface area is 185 Å². The fourth-order valence-electron chi connectivity index (χ4n) is 2.40. The maximum absolute atomic E-state index is 12.3. The highest BCUT2D eigenvalue weighted by Crippen LogP contribution is 2.28. The Kier molecular flexibility index (Phi) is 7.06. The van der Waals surface area contributed by atoms with Crippen molar-refractivity contribution >= 4 is 49.4 Å². The Hall–Kier alpha value is -2.64. The zero-order valence-electron chi connectivity index (χ0n) is 15.4. The molecule has 0 heterocycles. The van der Waals surface area contributed by atoms with E-state index in [0.717, 1.165) is 14.5 Å². The molecule has 0 fully saturated rings. The van der Waals surface area contributed by atoms with Crippen LogP contribution < -0.4 is 14.8 Å². The summed E-state index contributed by atoms with van der Waals surface area (Å²) in [6.07, 6.45) is 0. The molecule has 0 aliphatic carbocycles. The van der Waals surface area contributed by atoms with Crippen LogP contribution in [0.5, 0.6) is 11.5 Å². The number of ether oxygens (including phenoxy) is 2. The summed E-state index contributed by atoms with van der Waals surface area (Å²) in [5.74, 6) is 0.0838. The average Bonchev–Trinajstić information content (AvgIpc) is 2.69. The van der Waals surface area contributed by atoms with Gasteiger partial charge in [0.2, 0.25) is 0 Å². The number of anilines is 1. The van der Waals surface area contributed by atoms with Crippen LogP contribution in [0.4, 0.5) is 5.69 Å². The lowest BCUT2D eigenvalue weighted by molar-refractivity contribution is -0.136. The van der Waals surface area contributed by atoms with Crippen LogP contribution in [0.15, 0.2) is 75.7 Å². The van der Waals surface area contributed by atoms with Crippen molar-refractivity contribution in [2.24, 2.45) is 0 Å². The molecular formula is C22H17Br2NO4. The lowest BCUT2D eigenvalue weighted by Crippen LogP contribution is -2.18. The van der Waals surface area contributed by atoms with E-state index in [1.807, 2.05) is 43.3 Å². The highest BCUT2D eigenvalue weighted by atomic mass is 79.9. The number of halogens is 2. The third-order valence-electron chi connectivity index (χ3n) is 3.90. The maximum Gasteiger partial charge on any atom is 0.349 e. The van der Waals surface area contributed by atoms with Gasteiger partial charge in [0.15, 0.2) is 6.61 Å². The lowest BCUT2D eigenvalue weighted by Gasteiger charge is -2.09. The molecule has 1 amide bonds. The van der Waals surface area contributed by atoms with Gasteiger partial charge in [0.25, 0.3) is 5.91 Å². The van der Waals surface area contributed by atoms with E-state index in [1.165, 1.54) is 0 Å². The fourth-order valence-corrected chi connectivity index (χ4v) is 3.57. The van der Waals surface area contributed by atoms with E-state index in [0.29, 0.717) is 22.7 Å². The number of carbonyl (C=O) groups excluding carboxylic acids is 2. The number of aryl methyl sites for hydroxylation is 1. The van der Waals surface area contributed by atoms with Crippen molar-refractivity contribution in [3.8, 4) is 11.5 Å². The largest absolute Gasteiger partial charge is 0.481 e. The molecule has 0 bridgehead atoms. The molecule has 0 aromatic heterocycles. The van der Waals surface area contributed by atoms with Crippen molar-refractivity contribution in [1.29, 1.82) is 0 Å². The first kappa shape index (κ1) is 21.1. The second-order valence-corrected chi connectivity index (χ2v) is 7.95. The molecule has 3 rings (SSSR count). The molecule has 0 atom stereocenters. The number of esters is 1. The second-order valence-electron chi connectivity index (χ2n) is 6.18. The predicted molar refractivity (Wildman–Crippen MR) is 119 cm³/mol. The number of benzene rings is 3. The molecule has 1 N–H and O–H groups in total. The average molecular weight is 519 g/mol. The predicted octanol–water partition coefficient (Wildman–Crippen LogP) is 5.76. The Morgan fingerprint density at radius 2 is 1.62 bits per heavy atom. The number of rotatable bonds is 6. The van der Waals surface area contributed by atoms with E-state index < -0.39 is 5.97 Å². The van der Waals surface area contributed by atoms with E-state index in [2.05, 4.69) is 37.2 Å². The van der Waals surface area contributed by atoms with Crippen LogP contribution >= 0.6 is 31.9 Å². The van der Waals surface area contributed by atoms with Gasteiger partial charge in [-0.05, 0) is 77.5 Å². The summed E-state index contributed by atoms with van der Waals surface area (Å²) >= 11 is 6.72. The van der Waals surface area contributed by atoms with Gasteiger partial charge in [0.1, 0.15) is 11.5 Å². The Morgan fingerprint density at radius 3 is 2.28 bits per heavy atom. The van der Waals surface area contributed by atoms with Gasteiger partial charge in [-0.2, -0.15) is 0 Å². The summed E-state index contributed by atoms with van der Waals surface area (Å²) in [6.45, 7) is 1.74. The van der Waals surface area contributed by atoms with Crippen LogP contribution in [0.1, 0.15) is 15.9 Å². The Bertz CT molecular complexity index is 1020. The van der Waals surface area contributed by atoms with E-state index in [4.69, 9.17) is 9.47 Å². The summed E-state index contributed by atoms with van der Waals surface area (Å²) in [6, 6.07) is 19.2. The normalized spacial score (nSPS) is 10.3. The van der Waals surface area contributed by atoms with E-state index >= 15 is 0 Å². The number of amides is 1. The topological polar surface area (TPSA) is 64.6 Å².